The van der Waals surface area contributed by atoms with Gasteiger partial charge in [0.2, 0.25) is 0 Å². The molecule has 5 nitrogen and oxygen atoms in total. The molecule has 0 spiro atoms. The Morgan fingerprint density at radius 1 is 1.40 bits per heavy atom. The van der Waals surface area contributed by atoms with E-state index in [1.54, 1.807) is 7.11 Å². The number of aromatic nitrogens is 3. The third-order valence-corrected chi connectivity index (χ3v) is 2.33. The van der Waals surface area contributed by atoms with Crippen LogP contribution in [0.5, 0.6) is 0 Å². The Balaban J connectivity index is 3.23. The van der Waals surface area contributed by atoms with E-state index in [-0.39, 0.29) is 11.6 Å². The van der Waals surface area contributed by atoms with Crippen LogP contribution in [0.3, 0.4) is 0 Å². The van der Waals surface area contributed by atoms with Crippen molar-refractivity contribution in [3.63, 3.8) is 0 Å². The standard InChI is InChI=1S/C10H20N4O/c1-7(15-5)9-13-12-8(6-11)14(9)10(2,3)4/h7H,6,11H2,1-5H3. The zero-order valence-corrected chi connectivity index (χ0v) is 10.1. The quantitative estimate of drug-likeness (QED) is 0.817. The van der Waals surface area contributed by atoms with Gasteiger partial charge in [0, 0.05) is 12.6 Å². The Morgan fingerprint density at radius 2 is 2.00 bits per heavy atom. The first kappa shape index (κ1) is 12.1. The van der Waals surface area contributed by atoms with E-state index in [1.807, 2.05) is 11.5 Å². The number of nitrogens with two attached hydrogens (primary N) is 1. The van der Waals surface area contributed by atoms with Crippen molar-refractivity contribution in [1.29, 1.82) is 0 Å². The van der Waals surface area contributed by atoms with Gasteiger partial charge in [-0.25, -0.2) is 0 Å². The Labute approximate surface area is 90.6 Å². The Morgan fingerprint density at radius 3 is 2.40 bits per heavy atom. The fourth-order valence-corrected chi connectivity index (χ4v) is 1.56. The van der Waals surface area contributed by atoms with Gasteiger partial charge in [0.1, 0.15) is 11.9 Å². The van der Waals surface area contributed by atoms with Crippen LogP contribution in [0.1, 0.15) is 45.4 Å². The van der Waals surface area contributed by atoms with Crippen LogP contribution in [0.25, 0.3) is 0 Å². The first-order valence-corrected chi connectivity index (χ1v) is 5.09. The SMILES string of the molecule is COC(C)c1nnc(CN)n1C(C)(C)C. The highest BCUT2D eigenvalue weighted by atomic mass is 16.5. The number of rotatable bonds is 3. The lowest BCUT2D eigenvalue weighted by Gasteiger charge is -2.26. The summed E-state index contributed by atoms with van der Waals surface area (Å²) >= 11 is 0. The summed E-state index contributed by atoms with van der Waals surface area (Å²) < 4.78 is 7.31. The van der Waals surface area contributed by atoms with E-state index >= 15 is 0 Å². The Bertz CT molecular complexity index is 327. The van der Waals surface area contributed by atoms with Crippen molar-refractivity contribution in [3.05, 3.63) is 11.6 Å². The second-order valence-corrected chi connectivity index (χ2v) is 4.56. The molecule has 0 radical (unpaired) electrons. The molecule has 0 bridgehead atoms. The van der Waals surface area contributed by atoms with Crippen molar-refractivity contribution < 1.29 is 4.74 Å². The molecule has 86 valence electrons. The summed E-state index contributed by atoms with van der Waals surface area (Å²) in [4.78, 5) is 0. The average Bonchev–Trinajstić information content (AvgIpc) is 2.59. The summed E-state index contributed by atoms with van der Waals surface area (Å²) in [6, 6.07) is 0. The molecule has 0 saturated carbocycles. The second-order valence-electron chi connectivity index (χ2n) is 4.56. The summed E-state index contributed by atoms with van der Waals surface area (Å²) in [7, 11) is 1.66. The molecule has 0 amide bonds. The van der Waals surface area contributed by atoms with Crippen molar-refractivity contribution >= 4 is 0 Å². The van der Waals surface area contributed by atoms with Crippen molar-refractivity contribution in [3.8, 4) is 0 Å². The largest absolute Gasteiger partial charge is 0.374 e. The van der Waals surface area contributed by atoms with E-state index in [0.717, 1.165) is 11.6 Å². The normalized spacial score (nSPS) is 14.3. The van der Waals surface area contributed by atoms with Crippen LogP contribution in [-0.2, 0) is 16.8 Å². The predicted molar refractivity (Wildman–Crippen MR) is 58.3 cm³/mol. The topological polar surface area (TPSA) is 66.0 Å². The van der Waals surface area contributed by atoms with Crippen LogP contribution in [-0.4, -0.2) is 21.9 Å². The van der Waals surface area contributed by atoms with Crippen LogP contribution in [0, 0.1) is 0 Å². The van der Waals surface area contributed by atoms with E-state index in [4.69, 9.17) is 10.5 Å². The molecule has 0 aliphatic carbocycles. The molecule has 0 aliphatic rings. The highest BCUT2D eigenvalue weighted by Gasteiger charge is 2.25. The molecule has 5 heteroatoms. The summed E-state index contributed by atoms with van der Waals surface area (Å²) in [5, 5.41) is 8.21. The van der Waals surface area contributed by atoms with Crippen molar-refractivity contribution in [2.45, 2.75) is 45.9 Å². The molecule has 1 heterocycles. The molecular formula is C10H20N4O. The van der Waals surface area contributed by atoms with Gasteiger partial charge in [-0.2, -0.15) is 0 Å². The second kappa shape index (κ2) is 4.28. The molecule has 15 heavy (non-hydrogen) atoms. The molecule has 0 saturated heterocycles. The van der Waals surface area contributed by atoms with E-state index in [2.05, 4.69) is 31.0 Å². The average molecular weight is 212 g/mol. The van der Waals surface area contributed by atoms with E-state index in [9.17, 15) is 0 Å². The minimum absolute atomic E-state index is 0.0722. The lowest BCUT2D eigenvalue weighted by molar-refractivity contribution is 0.103. The summed E-state index contributed by atoms with van der Waals surface area (Å²) in [5.41, 5.74) is 5.56. The van der Waals surface area contributed by atoms with Crippen LogP contribution < -0.4 is 5.73 Å². The summed E-state index contributed by atoms with van der Waals surface area (Å²) in [6.45, 7) is 8.64. The van der Waals surface area contributed by atoms with Crippen LogP contribution in [0.15, 0.2) is 0 Å². The van der Waals surface area contributed by atoms with Crippen molar-refractivity contribution in [2.24, 2.45) is 5.73 Å². The molecule has 0 fully saturated rings. The van der Waals surface area contributed by atoms with E-state index in [1.165, 1.54) is 0 Å². The molecule has 0 aliphatic heterocycles. The van der Waals surface area contributed by atoms with Crippen LogP contribution in [0.4, 0.5) is 0 Å². The summed E-state index contributed by atoms with van der Waals surface area (Å²) in [6.07, 6.45) is -0.0722. The fraction of sp³-hybridized carbons (Fsp3) is 0.800. The van der Waals surface area contributed by atoms with Gasteiger partial charge in [-0.15, -0.1) is 10.2 Å². The first-order valence-electron chi connectivity index (χ1n) is 5.09. The maximum absolute atomic E-state index is 5.64. The zero-order valence-electron chi connectivity index (χ0n) is 10.1. The summed E-state index contributed by atoms with van der Waals surface area (Å²) in [5.74, 6) is 1.62. The molecule has 1 rings (SSSR count). The molecule has 1 aromatic heterocycles. The Hall–Kier alpha value is -0.940. The Kier molecular flexibility index (Phi) is 3.46. The van der Waals surface area contributed by atoms with Crippen molar-refractivity contribution in [2.75, 3.05) is 7.11 Å². The maximum atomic E-state index is 5.64. The smallest absolute Gasteiger partial charge is 0.162 e. The molecule has 1 aromatic rings. The predicted octanol–water partition coefficient (Wildman–Crippen LogP) is 1.20. The molecule has 2 N–H and O–H groups in total. The van der Waals surface area contributed by atoms with Gasteiger partial charge in [0.05, 0.1) is 6.54 Å². The molecule has 1 atom stereocenters. The third kappa shape index (κ3) is 2.35. The van der Waals surface area contributed by atoms with E-state index in [0.29, 0.717) is 6.54 Å². The van der Waals surface area contributed by atoms with Gasteiger partial charge >= 0.3 is 0 Å². The monoisotopic (exact) mass is 212 g/mol. The number of hydrogen-bond donors (Lipinski definition) is 1. The molecular weight excluding hydrogens is 192 g/mol. The lowest BCUT2D eigenvalue weighted by Crippen LogP contribution is -2.28. The van der Waals surface area contributed by atoms with Gasteiger partial charge in [-0.1, -0.05) is 0 Å². The first-order chi connectivity index (χ1) is 6.91. The van der Waals surface area contributed by atoms with Gasteiger partial charge < -0.3 is 15.0 Å². The minimum atomic E-state index is -0.0830. The number of ether oxygens (including phenoxy) is 1. The van der Waals surface area contributed by atoms with Crippen LogP contribution in [0.2, 0.25) is 0 Å². The lowest BCUT2D eigenvalue weighted by atomic mass is 10.1. The molecule has 0 aromatic carbocycles. The zero-order chi connectivity index (χ0) is 11.6. The third-order valence-electron chi connectivity index (χ3n) is 2.33. The van der Waals surface area contributed by atoms with Gasteiger partial charge in [0.15, 0.2) is 5.82 Å². The fourth-order valence-electron chi connectivity index (χ4n) is 1.56. The molecule has 1 unspecified atom stereocenters. The van der Waals surface area contributed by atoms with E-state index < -0.39 is 0 Å². The maximum Gasteiger partial charge on any atom is 0.162 e. The highest BCUT2D eigenvalue weighted by molar-refractivity contribution is 5.03. The van der Waals surface area contributed by atoms with Gasteiger partial charge in [0.25, 0.3) is 0 Å². The van der Waals surface area contributed by atoms with Crippen LogP contribution >= 0.6 is 0 Å². The number of nitrogens with zero attached hydrogens (tertiary/aromatic N) is 3. The van der Waals surface area contributed by atoms with Gasteiger partial charge in [-0.05, 0) is 27.7 Å². The van der Waals surface area contributed by atoms with Crippen molar-refractivity contribution in [1.82, 2.24) is 14.8 Å². The number of hydrogen-bond acceptors (Lipinski definition) is 4. The van der Waals surface area contributed by atoms with Gasteiger partial charge in [-0.3, -0.25) is 0 Å². The highest BCUT2D eigenvalue weighted by Crippen LogP contribution is 2.23. The number of methoxy groups -OCH3 is 1. The minimum Gasteiger partial charge on any atom is -0.374 e.